The number of furan rings is 2. The van der Waals surface area contributed by atoms with Gasteiger partial charge in [0.25, 0.3) is 0 Å². The van der Waals surface area contributed by atoms with Crippen LogP contribution in [0.1, 0.15) is 5.56 Å². The van der Waals surface area contributed by atoms with Crippen LogP contribution in [0.3, 0.4) is 0 Å². The van der Waals surface area contributed by atoms with Crippen molar-refractivity contribution < 1.29 is 8.83 Å². The lowest BCUT2D eigenvalue weighted by molar-refractivity contribution is 0.658. The molecule has 0 aliphatic carbocycles. The number of hydrogen-bond donors (Lipinski definition) is 1. The van der Waals surface area contributed by atoms with Gasteiger partial charge in [0, 0.05) is 33.8 Å². The van der Waals surface area contributed by atoms with Gasteiger partial charge in [-0.2, -0.15) is 0 Å². The number of benzene rings is 7. The molecule has 0 fully saturated rings. The standard InChI is InChI=1S/C43H30N2O2/c44-37-14-6-7-15-38(37)45(27-28-10-2-1-3-11-28)32-24-22-30(23-25-32)29-18-20-31(21-19-29)41-42-35(33-12-4-8-16-39(33)46-42)26-36-34-13-5-9-17-40(34)47-43(36)41/h1-26H,27,44H2. The third kappa shape index (κ3) is 4.62. The Balaban J connectivity index is 1.11. The van der Waals surface area contributed by atoms with Crippen LogP contribution < -0.4 is 10.6 Å². The number of hydrogen-bond acceptors (Lipinski definition) is 4. The largest absolute Gasteiger partial charge is 0.455 e. The lowest BCUT2D eigenvalue weighted by atomic mass is 9.96. The van der Waals surface area contributed by atoms with E-state index >= 15 is 0 Å². The molecule has 2 heterocycles. The van der Waals surface area contributed by atoms with E-state index in [2.05, 4.69) is 114 Å². The Labute approximate surface area is 271 Å². The molecular weight excluding hydrogens is 576 g/mol. The van der Waals surface area contributed by atoms with Crippen LogP contribution in [0.15, 0.2) is 167 Å². The summed E-state index contributed by atoms with van der Waals surface area (Å²) in [7, 11) is 0. The molecular formula is C43H30N2O2. The summed E-state index contributed by atoms with van der Waals surface area (Å²) in [5.41, 5.74) is 18.2. The molecule has 2 aromatic heterocycles. The number of fused-ring (bicyclic) bond motifs is 6. The number of nitrogens with zero attached hydrogens (tertiary/aromatic N) is 1. The number of para-hydroxylation sites is 4. The molecule has 0 bridgehead atoms. The highest BCUT2D eigenvalue weighted by Crippen LogP contribution is 2.44. The van der Waals surface area contributed by atoms with Crippen LogP contribution in [0.2, 0.25) is 0 Å². The predicted octanol–water partition coefficient (Wildman–Crippen LogP) is 11.7. The number of rotatable bonds is 6. The molecule has 224 valence electrons. The van der Waals surface area contributed by atoms with E-state index in [0.717, 1.165) is 83.2 Å². The van der Waals surface area contributed by atoms with Crippen LogP contribution in [-0.4, -0.2) is 0 Å². The summed E-state index contributed by atoms with van der Waals surface area (Å²) >= 11 is 0. The highest BCUT2D eigenvalue weighted by atomic mass is 16.3. The van der Waals surface area contributed by atoms with E-state index in [1.807, 2.05) is 48.5 Å². The summed E-state index contributed by atoms with van der Waals surface area (Å²) in [5, 5.41) is 4.39. The molecule has 2 N–H and O–H groups in total. The number of nitrogens with two attached hydrogens (primary N) is 1. The van der Waals surface area contributed by atoms with E-state index in [1.54, 1.807) is 0 Å². The van der Waals surface area contributed by atoms with Crippen molar-refractivity contribution in [3.63, 3.8) is 0 Å². The fraction of sp³-hybridized carbons (Fsp3) is 0.0233. The first-order valence-corrected chi connectivity index (χ1v) is 15.8. The summed E-state index contributed by atoms with van der Waals surface area (Å²) in [4.78, 5) is 2.27. The van der Waals surface area contributed by atoms with E-state index in [-0.39, 0.29) is 0 Å². The average molecular weight is 607 g/mol. The maximum absolute atomic E-state index is 6.51. The van der Waals surface area contributed by atoms with Crippen molar-refractivity contribution in [3.8, 4) is 22.3 Å². The third-order valence-electron chi connectivity index (χ3n) is 9.11. The minimum absolute atomic E-state index is 0.715. The SMILES string of the molecule is Nc1ccccc1N(Cc1ccccc1)c1ccc(-c2ccc(-c3c4oc5ccccc5c4cc4c3oc3ccccc34)cc2)cc1. The van der Waals surface area contributed by atoms with Crippen molar-refractivity contribution >= 4 is 60.9 Å². The Kier molecular flexibility index (Phi) is 6.32. The molecule has 0 unspecified atom stereocenters. The van der Waals surface area contributed by atoms with Crippen LogP contribution in [0.25, 0.3) is 66.1 Å². The van der Waals surface area contributed by atoms with Gasteiger partial charge in [0.1, 0.15) is 22.3 Å². The van der Waals surface area contributed by atoms with Crippen molar-refractivity contribution in [1.29, 1.82) is 0 Å². The Morgan fingerprint density at radius 2 is 0.979 bits per heavy atom. The first-order valence-electron chi connectivity index (χ1n) is 15.8. The molecule has 7 aromatic carbocycles. The Bertz CT molecular complexity index is 2450. The van der Waals surface area contributed by atoms with Gasteiger partial charge in [0.2, 0.25) is 0 Å². The fourth-order valence-electron chi connectivity index (χ4n) is 6.78. The molecule has 9 aromatic rings. The van der Waals surface area contributed by atoms with Gasteiger partial charge in [-0.1, -0.05) is 115 Å². The minimum atomic E-state index is 0.715. The molecule has 0 saturated carbocycles. The molecule has 0 atom stereocenters. The van der Waals surface area contributed by atoms with Gasteiger partial charge in [-0.25, -0.2) is 0 Å². The first kappa shape index (κ1) is 27.1. The minimum Gasteiger partial charge on any atom is -0.455 e. The van der Waals surface area contributed by atoms with Crippen LogP contribution in [0.5, 0.6) is 0 Å². The molecule has 0 aliphatic rings. The zero-order valence-corrected chi connectivity index (χ0v) is 25.6. The third-order valence-corrected chi connectivity index (χ3v) is 9.11. The summed E-state index contributed by atoms with van der Waals surface area (Å²) in [6.07, 6.45) is 0. The molecule has 0 saturated heterocycles. The zero-order chi connectivity index (χ0) is 31.3. The highest BCUT2D eigenvalue weighted by molar-refractivity contribution is 6.21. The van der Waals surface area contributed by atoms with E-state index in [4.69, 9.17) is 14.6 Å². The topological polar surface area (TPSA) is 55.5 Å². The number of nitrogen functional groups attached to an aromatic ring is 1. The second-order valence-electron chi connectivity index (χ2n) is 12.0. The average Bonchev–Trinajstić information content (AvgIpc) is 3.69. The maximum Gasteiger partial charge on any atom is 0.147 e. The quantitative estimate of drug-likeness (QED) is 0.191. The Hall–Kier alpha value is -6.26. The van der Waals surface area contributed by atoms with Gasteiger partial charge in [0.15, 0.2) is 0 Å². The van der Waals surface area contributed by atoms with Crippen molar-refractivity contribution in [2.24, 2.45) is 0 Å². The molecule has 47 heavy (non-hydrogen) atoms. The smallest absolute Gasteiger partial charge is 0.147 e. The van der Waals surface area contributed by atoms with E-state index in [1.165, 1.54) is 5.56 Å². The lowest BCUT2D eigenvalue weighted by Crippen LogP contribution is -2.17. The molecule has 0 spiro atoms. The van der Waals surface area contributed by atoms with E-state index in [0.29, 0.717) is 6.54 Å². The molecule has 9 rings (SSSR count). The molecule has 4 heteroatoms. The van der Waals surface area contributed by atoms with Crippen molar-refractivity contribution in [2.45, 2.75) is 6.54 Å². The monoisotopic (exact) mass is 606 g/mol. The van der Waals surface area contributed by atoms with Crippen LogP contribution >= 0.6 is 0 Å². The van der Waals surface area contributed by atoms with Crippen LogP contribution in [0, 0.1) is 0 Å². The van der Waals surface area contributed by atoms with Crippen molar-refractivity contribution in [1.82, 2.24) is 0 Å². The summed E-state index contributed by atoms with van der Waals surface area (Å²) in [6, 6.07) is 54.6. The Morgan fingerprint density at radius 3 is 1.60 bits per heavy atom. The first-order chi connectivity index (χ1) is 23.2. The van der Waals surface area contributed by atoms with Gasteiger partial charge in [0.05, 0.1) is 16.9 Å². The Morgan fingerprint density at radius 1 is 0.468 bits per heavy atom. The second kappa shape index (κ2) is 11.0. The maximum atomic E-state index is 6.51. The molecule has 4 nitrogen and oxygen atoms in total. The van der Waals surface area contributed by atoms with E-state index in [9.17, 15) is 0 Å². The molecule has 0 amide bonds. The number of anilines is 3. The van der Waals surface area contributed by atoms with Crippen molar-refractivity contribution in [2.75, 3.05) is 10.6 Å². The van der Waals surface area contributed by atoms with Crippen LogP contribution in [0.4, 0.5) is 17.1 Å². The van der Waals surface area contributed by atoms with Gasteiger partial charge in [-0.15, -0.1) is 0 Å². The van der Waals surface area contributed by atoms with Gasteiger partial charge in [-0.05, 0) is 64.7 Å². The fourth-order valence-corrected chi connectivity index (χ4v) is 6.78. The molecule has 0 aliphatic heterocycles. The van der Waals surface area contributed by atoms with Crippen LogP contribution in [-0.2, 0) is 6.54 Å². The normalized spacial score (nSPS) is 11.6. The highest BCUT2D eigenvalue weighted by Gasteiger charge is 2.21. The summed E-state index contributed by atoms with van der Waals surface area (Å²) in [5.74, 6) is 0. The van der Waals surface area contributed by atoms with E-state index < -0.39 is 0 Å². The lowest BCUT2D eigenvalue weighted by Gasteiger charge is -2.27. The zero-order valence-electron chi connectivity index (χ0n) is 25.6. The second-order valence-corrected chi connectivity index (χ2v) is 12.0. The summed E-state index contributed by atoms with van der Waals surface area (Å²) < 4.78 is 13.0. The predicted molar refractivity (Wildman–Crippen MR) is 195 cm³/mol. The van der Waals surface area contributed by atoms with Gasteiger partial charge >= 0.3 is 0 Å². The molecule has 0 radical (unpaired) electrons. The van der Waals surface area contributed by atoms with Gasteiger partial charge in [-0.3, -0.25) is 0 Å². The summed E-state index contributed by atoms with van der Waals surface area (Å²) in [6.45, 7) is 0.715. The van der Waals surface area contributed by atoms with Gasteiger partial charge < -0.3 is 19.5 Å². The van der Waals surface area contributed by atoms with Crippen molar-refractivity contribution in [3.05, 3.63) is 163 Å².